The topological polar surface area (TPSA) is 17.1 Å². The fraction of sp³-hybridized carbons (Fsp3) is 0.462. The first-order chi connectivity index (χ1) is 7.36. The van der Waals surface area contributed by atoms with Crippen LogP contribution in [0.2, 0.25) is 0 Å². The van der Waals surface area contributed by atoms with Crippen LogP contribution in [0, 0.1) is 0 Å². The van der Waals surface area contributed by atoms with Gasteiger partial charge in [0.05, 0.1) is 4.88 Å². The Morgan fingerprint density at radius 2 is 2.33 bits per heavy atom. The summed E-state index contributed by atoms with van der Waals surface area (Å²) in [6.45, 7) is 0. The summed E-state index contributed by atoms with van der Waals surface area (Å²) in [5.74, 6) is 0.302. The van der Waals surface area contributed by atoms with Gasteiger partial charge in [-0.25, -0.2) is 0 Å². The van der Waals surface area contributed by atoms with Gasteiger partial charge in [-0.1, -0.05) is 17.7 Å². The molecular formula is C13H16OS. The van der Waals surface area contributed by atoms with Crippen molar-refractivity contribution in [1.82, 2.24) is 0 Å². The molecule has 0 fully saturated rings. The number of allylic oxidation sites excluding steroid dienone is 2. The van der Waals surface area contributed by atoms with Gasteiger partial charge in [0.2, 0.25) is 0 Å². The number of ketones is 1. The monoisotopic (exact) mass is 220 g/mol. The molecule has 2 heteroatoms. The van der Waals surface area contributed by atoms with Crippen LogP contribution in [-0.4, -0.2) is 5.78 Å². The van der Waals surface area contributed by atoms with Gasteiger partial charge in [-0.05, 0) is 43.6 Å². The third-order valence-electron chi connectivity index (χ3n) is 2.85. The van der Waals surface area contributed by atoms with Crippen molar-refractivity contribution >= 4 is 17.1 Å². The van der Waals surface area contributed by atoms with Crippen LogP contribution in [0.1, 0.15) is 48.2 Å². The molecule has 1 aliphatic carbocycles. The molecule has 1 nitrogen and oxygen atoms in total. The van der Waals surface area contributed by atoms with E-state index in [9.17, 15) is 4.79 Å². The average Bonchev–Trinajstić information content (AvgIpc) is 2.81. The zero-order valence-corrected chi connectivity index (χ0v) is 9.69. The van der Waals surface area contributed by atoms with Gasteiger partial charge in [-0.3, -0.25) is 4.79 Å². The third-order valence-corrected chi connectivity index (χ3v) is 3.77. The van der Waals surface area contributed by atoms with Crippen LogP contribution in [0.25, 0.3) is 0 Å². The van der Waals surface area contributed by atoms with Gasteiger partial charge in [0, 0.05) is 6.42 Å². The fourth-order valence-electron chi connectivity index (χ4n) is 1.97. The van der Waals surface area contributed by atoms with E-state index < -0.39 is 0 Å². The van der Waals surface area contributed by atoms with E-state index in [2.05, 4.69) is 6.08 Å². The zero-order valence-electron chi connectivity index (χ0n) is 8.87. The number of hydrogen-bond donors (Lipinski definition) is 0. The van der Waals surface area contributed by atoms with E-state index in [0.717, 1.165) is 11.3 Å². The molecule has 2 rings (SSSR count). The summed E-state index contributed by atoms with van der Waals surface area (Å²) in [4.78, 5) is 12.6. The quantitative estimate of drug-likeness (QED) is 0.548. The van der Waals surface area contributed by atoms with Gasteiger partial charge in [0.25, 0.3) is 0 Å². The van der Waals surface area contributed by atoms with Crippen molar-refractivity contribution in [3.05, 3.63) is 34.0 Å². The molecule has 0 aliphatic heterocycles. The lowest BCUT2D eigenvalue weighted by Crippen LogP contribution is -1.99. The van der Waals surface area contributed by atoms with Gasteiger partial charge < -0.3 is 0 Å². The predicted octanol–water partition coefficient (Wildman–Crippen LogP) is 4.21. The van der Waals surface area contributed by atoms with Crippen molar-refractivity contribution in [3.8, 4) is 0 Å². The molecule has 0 N–H and O–H groups in total. The highest BCUT2D eigenvalue weighted by molar-refractivity contribution is 7.12. The Balaban J connectivity index is 1.83. The van der Waals surface area contributed by atoms with Crippen LogP contribution in [-0.2, 0) is 0 Å². The first kappa shape index (κ1) is 10.6. The van der Waals surface area contributed by atoms with Crippen molar-refractivity contribution in [2.24, 2.45) is 0 Å². The van der Waals surface area contributed by atoms with Crippen LogP contribution in [0.4, 0.5) is 0 Å². The molecule has 80 valence electrons. The van der Waals surface area contributed by atoms with Gasteiger partial charge in [-0.2, -0.15) is 0 Å². The highest BCUT2D eigenvalue weighted by Gasteiger charge is 2.09. The Bertz CT molecular complexity index is 349. The maximum Gasteiger partial charge on any atom is 0.173 e. The Morgan fingerprint density at radius 1 is 1.40 bits per heavy atom. The maximum absolute atomic E-state index is 11.7. The second-order valence-electron chi connectivity index (χ2n) is 4.01. The number of rotatable bonds is 4. The molecule has 1 heterocycles. The minimum absolute atomic E-state index is 0.302. The molecule has 0 aromatic carbocycles. The van der Waals surface area contributed by atoms with Gasteiger partial charge >= 0.3 is 0 Å². The number of carbonyl (C=O) groups is 1. The molecule has 1 aliphatic rings. The van der Waals surface area contributed by atoms with E-state index in [1.165, 1.54) is 31.3 Å². The largest absolute Gasteiger partial charge is 0.293 e. The molecule has 0 bridgehead atoms. The second kappa shape index (κ2) is 5.26. The summed E-state index contributed by atoms with van der Waals surface area (Å²) < 4.78 is 0. The molecule has 0 saturated carbocycles. The van der Waals surface area contributed by atoms with Crippen molar-refractivity contribution in [3.63, 3.8) is 0 Å². The molecule has 15 heavy (non-hydrogen) atoms. The molecule has 1 aromatic heterocycles. The second-order valence-corrected chi connectivity index (χ2v) is 4.96. The summed E-state index contributed by atoms with van der Waals surface area (Å²) >= 11 is 1.55. The van der Waals surface area contributed by atoms with Crippen LogP contribution in [0.15, 0.2) is 29.2 Å². The van der Waals surface area contributed by atoms with Gasteiger partial charge in [0.1, 0.15) is 0 Å². The minimum Gasteiger partial charge on any atom is -0.293 e. The average molecular weight is 220 g/mol. The first-order valence-corrected chi connectivity index (χ1v) is 6.49. The van der Waals surface area contributed by atoms with Crippen LogP contribution >= 0.6 is 11.3 Å². The van der Waals surface area contributed by atoms with E-state index in [1.54, 1.807) is 11.3 Å². The smallest absolute Gasteiger partial charge is 0.173 e. The lowest BCUT2D eigenvalue weighted by atomic mass is 9.95. The summed E-state index contributed by atoms with van der Waals surface area (Å²) in [6.07, 6.45) is 9.02. The Morgan fingerprint density at radius 3 is 3.00 bits per heavy atom. The fourth-order valence-corrected chi connectivity index (χ4v) is 2.66. The van der Waals surface area contributed by atoms with E-state index in [4.69, 9.17) is 0 Å². The van der Waals surface area contributed by atoms with Crippen LogP contribution < -0.4 is 0 Å². The summed E-state index contributed by atoms with van der Waals surface area (Å²) in [5, 5.41) is 1.97. The molecule has 0 amide bonds. The normalized spacial score (nSPS) is 16.1. The Hall–Kier alpha value is -0.890. The number of thiophene rings is 1. The summed E-state index contributed by atoms with van der Waals surface area (Å²) in [6, 6.07) is 3.86. The first-order valence-electron chi connectivity index (χ1n) is 5.61. The minimum atomic E-state index is 0.302. The molecule has 0 spiro atoms. The maximum atomic E-state index is 11.7. The number of hydrogen-bond acceptors (Lipinski definition) is 2. The highest BCUT2D eigenvalue weighted by Crippen LogP contribution is 2.22. The highest BCUT2D eigenvalue weighted by atomic mass is 32.1. The van der Waals surface area contributed by atoms with Crippen molar-refractivity contribution in [1.29, 1.82) is 0 Å². The van der Waals surface area contributed by atoms with Gasteiger partial charge in [-0.15, -0.1) is 11.3 Å². The standard InChI is InChI=1S/C13H16OS/c14-12(13-7-4-10-15-13)9-8-11-5-2-1-3-6-11/h4-5,7,10H,1-3,6,8-9H2. The molecule has 1 aromatic rings. The van der Waals surface area contributed by atoms with Crippen molar-refractivity contribution < 1.29 is 4.79 Å². The van der Waals surface area contributed by atoms with E-state index in [0.29, 0.717) is 12.2 Å². The SMILES string of the molecule is O=C(CCC1=CCCCC1)c1cccs1. The van der Waals surface area contributed by atoms with Crippen LogP contribution in [0.5, 0.6) is 0 Å². The number of Topliss-reactive ketones (excluding diaryl/α,β-unsaturated/α-hetero) is 1. The molecule has 0 saturated heterocycles. The van der Waals surface area contributed by atoms with Crippen molar-refractivity contribution in [2.75, 3.05) is 0 Å². The number of carbonyl (C=O) groups excluding carboxylic acids is 1. The van der Waals surface area contributed by atoms with E-state index in [1.807, 2.05) is 17.5 Å². The van der Waals surface area contributed by atoms with Crippen LogP contribution in [0.3, 0.4) is 0 Å². The summed E-state index contributed by atoms with van der Waals surface area (Å²) in [7, 11) is 0. The zero-order chi connectivity index (χ0) is 10.5. The molecule has 0 radical (unpaired) electrons. The van der Waals surface area contributed by atoms with Gasteiger partial charge in [0.15, 0.2) is 5.78 Å². The summed E-state index contributed by atoms with van der Waals surface area (Å²) in [5.41, 5.74) is 1.49. The van der Waals surface area contributed by atoms with E-state index in [-0.39, 0.29) is 0 Å². The molecular weight excluding hydrogens is 204 g/mol. The Kier molecular flexibility index (Phi) is 3.73. The third kappa shape index (κ3) is 3.03. The predicted molar refractivity (Wildman–Crippen MR) is 64.4 cm³/mol. The Labute approximate surface area is 94.8 Å². The van der Waals surface area contributed by atoms with E-state index >= 15 is 0 Å². The van der Waals surface area contributed by atoms with Crippen molar-refractivity contribution in [2.45, 2.75) is 38.5 Å². The lowest BCUT2D eigenvalue weighted by molar-refractivity contribution is 0.0986. The molecule has 0 unspecified atom stereocenters. The molecule has 0 atom stereocenters. The lowest BCUT2D eigenvalue weighted by Gasteiger charge is -2.11.